The number of nitrogens with one attached hydrogen (secondary N) is 2. The molecule has 2 aromatic rings. The van der Waals surface area contributed by atoms with Gasteiger partial charge in [-0.15, -0.1) is 0 Å². The summed E-state index contributed by atoms with van der Waals surface area (Å²) in [7, 11) is 0. The van der Waals surface area contributed by atoms with Crippen molar-refractivity contribution in [1.29, 1.82) is 0 Å². The van der Waals surface area contributed by atoms with Crippen LogP contribution in [0.5, 0.6) is 0 Å². The number of aromatic amines is 1. The topological polar surface area (TPSA) is 82.3 Å². The quantitative estimate of drug-likeness (QED) is 0.877. The molecule has 1 atom stereocenters. The second-order valence-electron chi connectivity index (χ2n) is 6.39. The number of pyridine rings is 1. The average Bonchev–Trinajstić information content (AvgIpc) is 2.65. The van der Waals surface area contributed by atoms with Crippen molar-refractivity contribution in [2.75, 3.05) is 18.4 Å². The van der Waals surface area contributed by atoms with Crippen LogP contribution in [0, 0.1) is 11.7 Å². The van der Waals surface area contributed by atoms with Crippen LogP contribution >= 0.6 is 0 Å². The summed E-state index contributed by atoms with van der Waals surface area (Å²) >= 11 is 0. The van der Waals surface area contributed by atoms with Gasteiger partial charge in [0, 0.05) is 31.5 Å². The third kappa shape index (κ3) is 4.36. The van der Waals surface area contributed by atoms with Crippen LogP contribution in [0.15, 0.2) is 47.5 Å². The number of benzene rings is 1. The zero-order valence-electron chi connectivity index (χ0n) is 14.2. The molecular weight excluding hydrogens is 337 g/mol. The van der Waals surface area contributed by atoms with E-state index in [4.69, 9.17) is 0 Å². The van der Waals surface area contributed by atoms with E-state index in [-0.39, 0.29) is 41.1 Å². The Bertz CT molecular complexity index is 848. The standard InChI is InChI=1S/C19H20FN3O3/c20-15-5-3-13(4-6-15)10-18(25)23-9-1-2-14(12-23)19(26)22-16-11-21-8-7-17(16)24/h3-8,11,14H,1-2,9-10,12H2,(H,21,24)(H,22,26)/t14-/m0/s1. The largest absolute Gasteiger partial charge is 0.366 e. The number of likely N-dealkylation sites (tertiary alicyclic amines) is 1. The Morgan fingerprint density at radius 2 is 2.00 bits per heavy atom. The summed E-state index contributed by atoms with van der Waals surface area (Å²) in [6.07, 6.45) is 4.50. The molecule has 0 radical (unpaired) electrons. The highest BCUT2D eigenvalue weighted by Crippen LogP contribution is 2.19. The van der Waals surface area contributed by atoms with E-state index in [0.29, 0.717) is 19.5 Å². The van der Waals surface area contributed by atoms with Crippen LogP contribution in [0.4, 0.5) is 10.1 Å². The monoisotopic (exact) mass is 357 g/mol. The lowest BCUT2D eigenvalue weighted by Gasteiger charge is -2.32. The molecule has 1 aromatic heterocycles. The van der Waals surface area contributed by atoms with Gasteiger partial charge in [0.15, 0.2) is 0 Å². The fourth-order valence-corrected chi connectivity index (χ4v) is 3.05. The maximum atomic E-state index is 13.0. The van der Waals surface area contributed by atoms with Crippen LogP contribution in [-0.4, -0.2) is 34.8 Å². The molecule has 1 fully saturated rings. The molecule has 0 bridgehead atoms. The Labute approximate surface area is 150 Å². The van der Waals surface area contributed by atoms with E-state index in [9.17, 15) is 18.8 Å². The van der Waals surface area contributed by atoms with E-state index in [0.717, 1.165) is 12.0 Å². The van der Waals surface area contributed by atoms with Crippen molar-refractivity contribution in [2.45, 2.75) is 19.3 Å². The smallest absolute Gasteiger partial charge is 0.229 e. The van der Waals surface area contributed by atoms with Crippen molar-refractivity contribution in [1.82, 2.24) is 9.88 Å². The van der Waals surface area contributed by atoms with Crippen LogP contribution < -0.4 is 10.7 Å². The molecule has 0 saturated carbocycles. The Morgan fingerprint density at radius 1 is 1.23 bits per heavy atom. The van der Waals surface area contributed by atoms with Gasteiger partial charge in [-0.1, -0.05) is 12.1 Å². The number of H-pyrrole nitrogens is 1. The van der Waals surface area contributed by atoms with Gasteiger partial charge in [-0.3, -0.25) is 14.4 Å². The van der Waals surface area contributed by atoms with Gasteiger partial charge in [0.1, 0.15) is 11.5 Å². The van der Waals surface area contributed by atoms with E-state index in [2.05, 4.69) is 10.3 Å². The first-order valence-electron chi connectivity index (χ1n) is 8.53. The van der Waals surface area contributed by atoms with Gasteiger partial charge in [-0.25, -0.2) is 4.39 Å². The molecule has 6 nitrogen and oxygen atoms in total. The van der Waals surface area contributed by atoms with Crippen LogP contribution in [0.25, 0.3) is 0 Å². The number of rotatable bonds is 4. The minimum Gasteiger partial charge on any atom is -0.366 e. The highest BCUT2D eigenvalue weighted by Gasteiger charge is 2.28. The second kappa shape index (κ2) is 7.95. The first kappa shape index (κ1) is 17.8. The molecule has 2 amide bonds. The minimum absolute atomic E-state index is 0.0910. The second-order valence-corrected chi connectivity index (χ2v) is 6.39. The van der Waals surface area contributed by atoms with Gasteiger partial charge >= 0.3 is 0 Å². The van der Waals surface area contributed by atoms with Crippen LogP contribution in [0.3, 0.4) is 0 Å². The number of hydrogen-bond acceptors (Lipinski definition) is 3. The average molecular weight is 357 g/mol. The number of anilines is 1. The number of piperidine rings is 1. The minimum atomic E-state index is -0.361. The third-order valence-corrected chi connectivity index (χ3v) is 4.50. The molecule has 7 heteroatoms. The molecule has 2 heterocycles. The van der Waals surface area contributed by atoms with E-state index >= 15 is 0 Å². The van der Waals surface area contributed by atoms with E-state index in [1.165, 1.54) is 30.6 Å². The lowest BCUT2D eigenvalue weighted by atomic mass is 9.96. The number of halogens is 1. The number of aromatic nitrogens is 1. The fraction of sp³-hybridized carbons (Fsp3) is 0.316. The van der Waals surface area contributed by atoms with Crippen LogP contribution in [0.1, 0.15) is 18.4 Å². The Hall–Kier alpha value is -2.96. The molecule has 136 valence electrons. The van der Waals surface area contributed by atoms with Gasteiger partial charge < -0.3 is 15.2 Å². The Morgan fingerprint density at radius 3 is 2.73 bits per heavy atom. The van der Waals surface area contributed by atoms with Gasteiger partial charge in [0.05, 0.1) is 12.3 Å². The van der Waals surface area contributed by atoms with Gasteiger partial charge in [-0.2, -0.15) is 0 Å². The van der Waals surface area contributed by atoms with Gasteiger partial charge in [0.2, 0.25) is 17.2 Å². The van der Waals surface area contributed by atoms with Gasteiger partial charge in [-0.05, 0) is 30.5 Å². The molecule has 1 saturated heterocycles. The van der Waals surface area contributed by atoms with Crippen molar-refractivity contribution in [2.24, 2.45) is 5.92 Å². The normalized spacial score (nSPS) is 17.0. The maximum Gasteiger partial charge on any atom is 0.229 e. The van der Waals surface area contributed by atoms with Crippen molar-refractivity contribution in [3.05, 3.63) is 64.3 Å². The lowest BCUT2D eigenvalue weighted by molar-refractivity contribution is -0.133. The molecule has 0 unspecified atom stereocenters. The molecule has 3 rings (SSSR count). The summed E-state index contributed by atoms with van der Waals surface area (Å²) in [5, 5.41) is 2.63. The SMILES string of the molecule is O=C(Nc1c[nH]ccc1=O)[C@H]1CCCN(C(=O)Cc2ccc(F)cc2)C1. The van der Waals surface area contributed by atoms with Crippen molar-refractivity contribution >= 4 is 17.5 Å². The van der Waals surface area contributed by atoms with Gasteiger partial charge in [0.25, 0.3) is 0 Å². The summed E-state index contributed by atoms with van der Waals surface area (Å²) in [5.41, 5.74) is 0.670. The molecule has 0 aliphatic carbocycles. The fourth-order valence-electron chi connectivity index (χ4n) is 3.05. The first-order chi connectivity index (χ1) is 12.5. The third-order valence-electron chi connectivity index (χ3n) is 4.50. The Balaban J connectivity index is 1.60. The highest BCUT2D eigenvalue weighted by molar-refractivity contribution is 5.93. The number of nitrogens with zero attached hydrogens (tertiary/aromatic N) is 1. The first-order valence-corrected chi connectivity index (χ1v) is 8.53. The number of amides is 2. The highest BCUT2D eigenvalue weighted by atomic mass is 19.1. The van der Waals surface area contributed by atoms with E-state index in [1.54, 1.807) is 17.0 Å². The molecule has 26 heavy (non-hydrogen) atoms. The summed E-state index contributed by atoms with van der Waals surface area (Å²) in [6, 6.07) is 7.17. The zero-order valence-corrected chi connectivity index (χ0v) is 14.2. The molecule has 1 aliphatic heterocycles. The number of carbonyl (C=O) groups is 2. The number of carbonyl (C=O) groups excluding carboxylic acids is 2. The van der Waals surface area contributed by atoms with Crippen LogP contribution in [-0.2, 0) is 16.0 Å². The molecular formula is C19H20FN3O3. The molecule has 1 aromatic carbocycles. The molecule has 0 spiro atoms. The summed E-state index contributed by atoms with van der Waals surface area (Å²) in [4.78, 5) is 41.1. The van der Waals surface area contributed by atoms with Crippen molar-refractivity contribution < 1.29 is 14.0 Å². The van der Waals surface area contributed by atoms with Crippen molar-refractivity contribution in [3.63, 3.8) is 0 Å². The summed E-state index contributed by atoms with van der Waals surface area (Å²) in [5.74, 6) is -1.06. The summed E-state index contributed by atoms with van der Waals surface area (Å²) < 4.78 is 13.0. The zero-order chi connectivity index (χ0) is 18.5. The predicted octanol–water partition coefficient (Wildman–Crippen LogP) is 1.93. The summed E-state index contributed by atoms with van der Waals surface area (Å²) in [6.45, 7) is 0.909. The lowest BCUT2D eigenvalue weighted by Crippen LogP contribution is -2.44. The molecule has 1 aliphatic rings. The van der Waals surface area contributed by atoms with E-state index in [1.807, 2.05) is 0 Å². The Kier molecular flexibility index (Phi) is 5.46. The molecule has 2 N–H and O–H groups in total. The van der Waals surface area contributed by atoms with E-state index < -0.39 is 0 Å². The predicted molar refractivity (Wildman–Crippen MR) is 95.1 cm³/mol. The maximum absolute atomic E-state index is 13.0. The number of hydrogen-bond donors (Lipinski definition) is 2. The van der Waals surface area contributed by atoms with Crippen LogP contribution in [0.2, 0.25) is 0 Å². The van der Waals surface area contributed by atoms with Crippen molar-refractivity contribution in [3.8, 4) is 0 Å².